The molecule has 0 bridgehead atoms. The van der Waals surface area contributed by atoms with E-state index in [1.54, 1.807) is 11.3 Å². The predicted octanol–water partition coefficient (Wildman–Crippen LogP) is 2.72. The van der Waals surface area contributed by atoms with Gasteiger partial charge in [0.2, 0.25) is 5.89 Å². The summed E-state index contributed by atoms with van der Waals surface area (Å²) in [6, 6.07) is 2.42. The first-order chi connectivity index (χ1) is 11.2. The minimum Gasteiger partial charge on any atom is -0.441 e. The van der Waals surface area contributed by atoms with Gasteiger partial charge >= 0.3 is 0 Å². The molecule has 1 N–H and O–H groups in total. The molecule has 0 aromatic carbocycles. The number of rotatable bonds is 4. The normalized spacial score (nSPS) is 17.4. The van der Waals surface area contributed by atoms with Crippen molar-refractivity contribution >= 4 is 11.3 Å². The minimum atomic E-state index is 0.393. The minimum absolute atomic E-state index is 0.393. The molecular formula is C16H19N5OS. The lowest BCUT2D eigenvalue weighted by atomic mass is 10.1. The zero-order chi connectivity index (χ0) is 15.8. The number of fused-ring (bicyclic) bond motifs is 1. The van der Waals surface area contributed by atoms with Crippen LogP contribution in [-0.2, 0) is 19.5 Å². The molecule has 0 spiro atoms. The largest absolute Gasteiger partial charge is 0.441 e. The van der Waals surface area contributed by atoms with Crippen LogP contribution in [0.15, 0.2) is 21.2 Å². The van der Waals surface area contributed by atoms with Crippen molar-refractivity contribution in [1.82, 2.24) is 25.1 Å². The van der Waals surface area contributed by atoms with Gasteiger partial charge < -0.3 is 9.73 Å². The van der Waals surface area contributed by atoms with Crippen LogP contribution in [0.2, 0.25) is 0 Å². The maximum absolute atomic E-state index is 5.79. The zero-order valence-electron chi connectivity index (χ0n) is 13.2. The summed E-state index contributed by atoms with van der Waals surface area (Å²) in [5.74, 6) is 3.54. The van der Waals surface area contributed by atoms with Crippen LogP contribution < -0.4 is 5.32 Å². The van der Waals surface area contributed by atoms with E-state index in [1.165, 1.54) is 0 Å². The highest BCUT2D eigenvalue weighted by molar-refractivity contribution is 7.08. The Balaban J connectivity index is 1.42. The number of thiophene rings is 1. The summed E-state index contributed by atoms with van der Waals surface area (Å²) in [4.78, 5) is 9.08. The van der Waals surface area contributed by atoms with Crippen molar-refractivity contribution in [2.75, 3.05) is 0 Å². The van der Waals surface area contributed by atoms with E-state index in [4.69, 9.17) is 4.42 Å². The maximum Gasteiger partial charge on any atom is 0.227 e. The average molecular weight is 329 g/mol. The number of hydrogen-bond donors (Lipinski definition) is 1. The molecule has 3 aromatic rings. The van der Waals surface area contributed by atoms with E-state index >= 15 is 0 Å². The zero-order valence-corrected chi connectivity index (χ0v) is 14.1. The Morgan fingerprint density at radius 1 is 1.39 bits per heavy atom. The SMILES string of the molecule is Cc1nc2n(n1)C[C@H](NCc1nc(-c3ccsc3)oc1C)CC2. The summed E-state index contributed by atoms with van der Waals surface area (Å²) in [7, 11) is 0. The molecule has 3 aromatic heterocycles. The van der Waals surface area contributed by atoms with E-state index in [9.17, 15) is 0 Å². The summed E-state index contributed by atoms with van der Waals surface area (Å²) in [5, 5.41) is 12.1. The molecule has 0 saturated heterocycles. The van der Waals surface area contributed by atoms with Crippen molar-refractivity contribution in [1.29, 1.82) is 0 Å². The first kappa shape index (κ1) is 14.6. The first-order valence-electron chi connectivity index (χ1n) is 7.81. The molecule has 1 aliphatic rings. The number of hydrogen-bond acceptors (Lipinski definition) is 6. The fraction of sp³-hybridized carbons (Fsp3) is 0.438. The smallest absolute Gasteiger partial charge is 0.227 e. The predicted molar refractivity (Wildman–Crippen MR) is 88.3 cm³/mol. The molecule has 0 fully saturated rings. The second kappa shape index (κ2) is 5.90. The van der Waals surface area contributed by atoms with E-state index in [0.29, 0.717) is 18.5 Å². The molecule has 1 aliphatic heterocycles. The van der Waals surface area contributed by atoms with Crippen molar-refractivity contribution in [2.45, 2.75) is 45.8 Å². The van der Waals surface area contributed by atoms with Crippen LogP contribution in [0.5, 0.6) is 0 Å². The molecule has 4 heterocycles. The van der Waals surface area contributed by atoms with Crippen molar-refractivity contribution < 1.29 is 4.42 Å². The third-order valence-electron chi connectivity index (χ3n) is 4.18. The Labute approximate surface area is 138 Å². The Kier molecular flexibility index (Phi) is 3.74. The quantitative estimate of drug-likeness (QED) is 0.797. The van der Waals surface area contributed by atoms with Crippen molar-refractivity contribution in [3.05, 3.63) is 39.9 Å². The van der Waals surface area contributed by atoms with Gasteiger partial charge in [-0.1, -0.05) is 0 Å². The van der Waals surface area contributed by atoms with Crippen molar-refractivity contribution in [3.8, 4) is 11.5 Å². The van der Waals surface area contributed by atoms with Gasteiger partial charge in [-0.25, -0.2) is 14.6 Å². The van der Waals surface area contributed by atoms with Crippen molar-refractivity contribution in [3.63, 3.8) is 0 Å². The molecule has 23 heavy (non-hydrogen) atoms. The number of aryl methyl sites for hydroxylation is 3. The highest BCUT2D eigenvalue weighted by Gasteiger charge is 2.21. The Morgan fingerprint density at radius 3 is 3.13 bits per heavy atom. The molecule has 7 heteroatoms. The molecule has 0 aliphatic carbocycles. The standard InChI is InChI=1S/C16H19N5OS/c1-10-14(19-16(22-10)12-5-6-23-9-12)7-17-13-3-4-15-18-11(2)20-21(15)8-13/h5-6,9,13,17H,3-4,7-8H2,1-2H3/t13-/m1/s1. The fourth-order valence-electron chi connectivity index (χ4n) is 2.94. The van der Waals surface area contributed by atoms with Crippen LogP contribution in [0.3, 0.4) is 0 Å². The molecule has 0 radical (unpaired) electrons. The van der Waals surface area contributed by atoms with Gasteiger partial charge in [0.05, 0.1) is 12.2 Å². The third kappa shape index (κ3) is 2.94. The Morgan fingerprint density at radius 2 is 2.30 bits per heavy atom. The molecule has 120 valence electrons. The lowest BCUT2D eigenvalue weighted by molar-refractivity contribution is 0.356. The molecule has 0 unspecified atom stereocenters. The number of aromatic nitrogens is 4. The Hall–Kier alpha value is -1.99. The Bertz CT molecular complexity index is 805. The van der Waals surface area contributed by atoms with Crippen LogP contribution in [0.4, 0.5) is 0 Å². The van der Waals surface area contributed by atoms with E-state index in [-0.39, 0.29) is 0 Å². The number of nitrogens with zero attached hydrogens (tertiary/aromatic N) is 4. The molecule has 1 atom stereocenters. The van der Waals surface area contributed by atoms with Gasteiger partial charge in [0, 0.05) is 30.0 Å². The highest BCUT2D eigenvalue weighted by atomic mass is 32.1. The summed E-state index contributed by atoms with van der Waals surface area (Å²) in [6.07, 6.45) is 2.04. The third-order valence-corrected chi connectivity index (χ3v) is 4.87. The summed E-state index contributed by atoms with van der Waals surface area (Å²) >= 11 is 1.65. The first-order valence-corrected chi connectivity index (χ1v) is 8.76. The average Bonchev–Trinajstić information content (AvgIpc) is 3.23. The fourth-order valence-corrected chi connectivity index (χ4v) is 3.57. The van der Waals surface area contributed by atoms with Crippen LogP contribution >= 0.6 is 11.3 Å². The van der Waals surface area contributed by atoms with Gasteiger partial charge in [0.15, 0.2) is 0 Å². The summed E-state index contributed by atoms with van der Waals surface area (Å²) in [5.41, 5.74) is 2.02. The number of oxazole rings is 1. The van der Waals surface area contributed by atoms with Crippen LogP contribution in [0.1, 0.15) is 29.5 Å². The second-order valence-corrected chi connectivity index (χ2v) is 6.69. The summed E-state index contributed by atoms with van der Waals surface area (Å²) in [6.45, 7) is 5.50. The lowest BCUT2D eigenvalue weighted by Crippen LogP contribution is -2.37. The highest BCUT2D eigenvalue weighted by Crippen LogP contribution is 2.24. The topological polar surface area (TPSA) is 68.8 Å². The monoisotopic (exact) mass is 329 g/mol. The molecule has 6 nitrogen and oxygen atoms in total. The molecule has 0 amide bonds. The van der Waals surface area contributed by atoms with E-state index in [2.05, 4.69) is 25.8 Å². The molecule has 4 rings (SSSR count). The molecule has 0 saturated carbocycles. The lowest BCUT2D eigenvalue weighted by Gasteiger charge is -2.23. The van der Waals surface area contributed by atoms with E-state index in [0.717, 1.165) is 48.1 Å². The van der Waals surface area contributed by atoms with Gasteiger partial charge in [0.25, 0.3) is 0 Å². The summed E-state index contributed by atoms with van der Waals surface area (Å²) < 4.78 is 7.80. The maximum atomic E-state index is 5.79. The van der Waals surface area contributed by atoms with Crippen LogP contribution in [0.25, 0.3) is 11.5 Å². The van der Waals surface area contributed by atoms with E-state index in [1.807, 2.05) is 30.0 Å². The second-order valence-electron chi connectivity index (χ2n) is 5.91. The van der Waals surface area contributed by atoms with Gasteiger partial charge in [-0.05, 0) is 31.7 Å². The molecular weight excluding hydrogens is 310 g/mol. The van der Waals surface area contributed by atoms with Crippen LogP contribution in [0, 0.1) is 13.8 Å². The number of nitrogens with one attached hydrogen (secondary N) is 1. The van der Waals surface area contributed by atoms with Gasteiger partial charge in [-0.2, -0.15) is 16.4 Å². The van der Waals surface area contributed by atoms with Gasteiger partial charge in [0.1, 0.15) is 17.4 Å². The van der Waals surface area contributed by atoms with Gasteiger partial charge in [-0.3, -0.25) is 0 Å². The van der Waals surface area contributed by atoms with Crippen LogP contribution in [-0.4, -0.2) is 25.8 Å². The van der Waals surface area contributed by atoms with E-state index < -0.39 is 0 Å². The van der Waals surface area contributed by atoms with Crippen molar-refractivity contribution in [2.24, 2.45) is 0 Å². The van der Waals surface area contributed by atoms with Gasteiger partial charge in [-0.15, -0.1) is 0 Å².